The van der Waals surface area contributed by atoms with Crippen LogP contribution in [-0.2, 0) is 4.79 Å². The number of benzene rings is 1. The van der Waals surface area contributed by atoms with Gasteiger partial charge in [0.1, 0.15) is 6.04 Å². The second-order valence-electron chi connectivity index (χ2n) is 5.80. The molecule has 1 saturated heterocycles. The number of amides is 1. The van der Waals surface area contributed by atoms with Crippen molar-refractivity contribution in [1.82, 2.24) is 21.3 Å². The van der Waals surface area contributed by atoms with Crippen LogP contribution in [0, 0.1) is 0 Å². The van der Waals surface area contributed by atoms with E-state index in [0.29, 0.717) is 6.42 Å². The SMILES string of the molecule is O=C(N/N=C/c1c[nH]c2ccccc12)C1CC(c2ccc(Cl)s2)NN1. The van der Waals surface area contributed by atoms with Gasteiger partial charge in [-0.2, -0.15) is 5.10 Å². The van der Waals surface area contributed by atoms with E-state index >= 15 is 0 Å². The maximum absolute atomic E-state index is 12.3. The van der Waals surface area contributed by atoms with Crippen LogP contribution < -0.4 is 16.3 Å². The molecule has 2 unspecified atom stereocenters. The minimum Gasteiger partial charge on any atom is -0.361 e. The normalized spacial score (nSPS) is 20.5. The zero-order chi connectivity index (χ0) is 17.2. The van der Waals surface area contributed by atoms with Crippen LogP contribution in [0.25, 0.3) is 10.9 Å². The standard InChI is InChI=1S/C17H16ClN5OS/c18-16-6-5-15(25-16)13-7-14(22-21-13)17(24)23-20-9-10-8-19-12-4-2-1-3-11(10)12/h1-6,8-9,13-14,19,21-22H,7H2,(H,23,24)/b20-9+. The molecule has 0 saturated carbocycles. The van der Waals surface area contributed by atoms with E-state index in [4.69, 9.17) is 11.6 Å². The molecular weight excluding hydrogens is 358 g/mol. The van der Waals surface area contributed by atoms with Crippen molar-refractivity contribution in [2.75, 3.05) is 0 Å². The molecule has 1 amide bonds. The van der Waals surface area contributed by atoms with E-state index in [1.54, 1.807) is 6.21 Å². The number of nitrogens with zero attached hydrogens (tertiary/aromatic N) is 1. The highest BCUT2D eigenvalue weighted by molar-refractivity contribution is 7.16. The fraction of sp³-hybridized carbons (Fsp3) is 0.176. The predicted molar refractivity (Wildman–Crippen MR) is 101 cm³/mol. The van der Waals surface area contributed by atoms with Gasteiger partial charge in [-0.25, -0.2) is 16.3 Å². The van der Waals surface area contributed by atoms with Gasteiger partial charge in [-0.15, -0.1) is 11.3 Å². The van der Waals surface area contributed by atoms with Crippen molar-refractivity contribution in [3.05, 3.63) is 57.4 Å². The average molecular weight is 374 g/mol. The lowest BCUT2D eigenvalue weighted by Crippen LogP contribution is -2.41. The first-order chi connectivity index (χ1) is 12.2. The van der Waals surface area contributed by atoms with Crippen LogP contribution in [0.5, 0.6) is 0 Å². The first-order valence-electron chi connectivity index (χ1n) is 7.86. The Kier molecular flexibility index (Phi) is 4.54. The van der Waals surface area contributed by atoms with E-state index < -0.39 is 0 Å². The monoisotopic (exact) mass is 373 g/mol. The van der Waals surface area contributed by atoms with Gasteiger partial charge >= 0.3 is 0 Å². The number of nitrogens with one attached hydrogen (secondary N) is 4. The number of para-hydroxylation sites is 1. The van der Waals surface area contributed by atoms with Crippen LogP contribution in [0.3, 0.4) is 0 Å². The Morgan fingerprint density at radius 3 is 3.00 bits per heavy atom. The lowest BCUT2D eigenvalue weighted by atomic mass is 10.1. The maximum Gasteiger partial charge on any atom is 0.258 e. The molecule has 0 aliphatic carbocycles. The number of aromatic nitrogens is 1. The van der Waals surface area contributed by atoms with Crippen LogP contribution in [0.4, 0.5) is 0 Å². The summed E-state index contributed by atoms with van der Waals surface area (Å²) in [4.78, 5) is 16.5. The Balaban J connectivity index is 1.36. The van der Waals surface area contributed by atoms with Gasteiger partial charge < -0.3 is 4.98 Å². The number of hydrogen-bond acceptors (Lipinski definition) is 5. The zero-order valence-electron chi connectivity index (χ0n) is 13.1. The number of carbonyl (C=O) groups excluding carboxylic acids is 1. The Bertz CT molecular complexity index is 934. The van der Waals surface area contributed by atoms with E-state index in [1.165, 1.54) is 11.3 Å². The molecule has 2 atom stereocenters. The summed E-state index contributed by atoms with van der Waals surface area (Å²) in [6, 6.07) is 11.5. The van der Waals surface area contributed by atoms with Crippen molar-refractivity contribution in [1.29, 1.82) is 0 Å². The number of H-pyrrole nitrogens is 1. The predicted octanol–water partition coefficient (Wildman–Crippen LogP) is 2.94. The second kappa shape index (κ2) is 6.97. The maximum atomic E-state index is 12.3. The summed E-state index contributed by atoms with van der Waals surface area (Å²) >= 11 is 7.48. The van der Waals surface area contributed by atoms with Crippen molar-refractivity contribution >= 4 is 46.0 Å². The molecule has 6 nitrogen and oxygen atoms in total. The number of fused-ring (bicyclic) bond motifs is 1. The smallest absolute Gasteiger partial charge is 0.258 e. The molecule has 0 bridgehead atoms. The van der Waals surface area contributed by atoms with E-state index in [1.807, 2.05) is 42.6 Å². The van der Waals surface area contributed by atoms with E-state index in [-0.39, 0.29) is 18.0 Å². The van der Waals surface area contributed by atoms with E-state index in [9.17, 15) is 4.79 Å². The van der Waals surface area contributed by atoms with Crippen LogP contribution >= 0.6 is 22.9 Å². The number of hydrazine groups is 1. The fourth-order valence-electron chi connectivity index (χ4n) is 2.87. The Morgan fingerprint density at radius 1 is 1.28 bits per heavy atom. The van der Waals surface area contributed by atoms with Gasteiger partial charge in [-0.1, -0.05) is 29.8 Å². The third-order valence-corrected chi connectivity index (χ3v) is 5.50. The largest absolute Gasteiger partial charge is 0.361 e. The summed E-state index contributed by atoms with van der Waals surface area (Å²) in [6.45, 7) is 0. The quantitative estimate of drug-likeness (QED) is 0.419. The molecule has 3 heterocycles. The van der Waals surface area contributed by atoms with Crippen molar-refractivity contribution in [3.63, 3.8) is 0 Å². The minimum atomic E-state index is -0.342. The number of hydrazone groups is 1. The van der Waals surface area contributed by atoms with E-state index in [0.717, 1.165) is 25.7 Å². The Hall–Kier alpha value is -2.19. The molecule has 2 aromatic heterocycles. The molecule has 1 aliphatic heterocycles. The first-order valence-corrected chi connectivity index (χ1v) is 9.05. The van der Waals surface area contributed by atoms with Crippen LogP contribution in [-0.4, -0.2) is 23.1 Å². The number of aromatic amines is 1. The topological polar surface area (TPSA) is 81.3 Å². The van der Waals surface area contributed by atoms with Gasteiger partial charge in [0.05, 0.1) is 16.6 Å². The van der Waals surface area contributed by atoms with Crippen LogP contribution in [0.2, 0.25) is 4.34 Å². The summed E-state index contributed by atoms with van der Waals surface area (Å²) in [5.74, 6) is -0.172. The molecule has 1 fully saturated rings. The van der Waals surface area contributed by atoms with Gasteiger partial charge in [0.15, 0.2) is 0 Å². The summed E-state index contributed by atoms with van der Waals surface area (Å²) in [6.07, 6.45) is 4.16. The lowest BCUT2D eigenvalue weighted by Gasteiger charge is -2.06. The number of thiophene rings is 1. The molecule has 0 spiro atoms. The number of rotatable bonds is 4. The minimum absolute atomic E-state index is 0.0749. The highest BCUT2D eigenvalue weighted by atomic mass is 35.5. The number of halogens is 1. The molecule has 3 aromatic rings. The lowest BCUT2D eigenvalue weighted by molar-refractivity contribution is -0.122. The molecule has 1 aliphatic rings. The van der Waals surface area contributed by atoms with E-state index in [2.05, 4.69) is 26.4 Å². The van der Waals surface area contributed by atoms with Gasteiger partial charge in [0.2, 0.25) is 0 Å². The molecule has 25 heavy (non-hydrogen) atoms. The molecule has 8 heteroatoms. The van der Waals surface area contributed by atoms with Crippen molar-refractivity contribution in [2.24, 2.45) is 5.10 Å². The summed E-state index contributed by atoms with van der Waals surface area (Å²) in [5, 5.41) is 5.15. The van der Waals surface area contributed by atoms with Gasteiger partial charge in [0, 0.05) is 27.5 Å². The molecule has 4 rings (SSSR count). The summed E-state index contributed by atoms with van der Waals surface area (Å²) in [7, 11) is 0. The third kappa shape index (κ3) is 3.45. The molecule has 0 radical (unpaired) electrons. The van der Waals surface area contributed by atoms with Crippen LogP contribution in [0.1, 0.15) is 22.9 Å². The number of carbonyl (C=O) groups is 1. The Labute approximate surface area is 153 Å². The average Bonchev–Trinajstić information content (AvgIpc) is 3.34. The summed E-state index contributed by atoms with van der Waals surface area (Å²) < 4.78 is 0.744. The number of hydrogen-bond donors (Lipinski definition) is 4. The van der Waals surface area contributed by atoms with Crippen molar-refractivity contribution in [3.8, 4) is 0 Å². The third-order valence-electron chi connectivity index (χ3n) is 4.16. The van der Waals surface area contributed by atoms with Gasteiger partial charge in [0.25, 0.3) is 5.91 Å². The first kappa shape index (κ1) is 16.3. The fourth-order valence-corrected chi connectivity index (χ4v) is 4.00. The summed E-state index contributed by atoms with van der Waals surface area (Å²) in [5.41, 5.74) is 10.7. The Morgan fingerprint density at radius 2 is 2.16 bits per heavy atom. The molecule has 128 valence electrons. The highest BCUT2D eigenvalue weighted by Gasteiger charge is 2.30. The molecule has 1 aromatic carbocycles. The van der Waals surface area contributed by atoms with Crippen molar-refractivity contribution in [2.45, 2.75) is 18.5 Å². The van der Waals surface area contributed by atoms with Crippen LogP contribution in [0.15, 0.2) is 47.7 Å². The highest BCUT2D eigenvalue weighted by Crippen LogP contribution is 2.31. The van der Waals surface area contributed by atoms with Gasteiger partial charge in [-0.05, 0) is 24.6 Å². The van der Waals surface area contributed by atoms with Gasteiger partial charge in [-0.3, -0.25) is 4.79 Å². The second-order valence-corrected chi connectivity index (χ2v) is 7.54. The molecular formula is C17H16ClN5OS. The zero-order valence-corrected chi connectivity index (χ0v) is 14.7. The molecule has 4 N–H and O–H groups in total. The van der Waals surface area contributed by atoms with Crippen molar-refractivity contribution < 1.29 is 4.79 Å².